The largest absolute Gasteiger partial charge is 0.189 e. The Labute approximate surface area is 60.3 Å². The van der Waals surface area contributed by atoms with Gasteiger partial charge in [0, 0.05) is 0 Å². The molecule has 1 unspecified atom stereocenters. The van der Waals surface area contributed by atoms with Gasteiger partial charge in [0.2, 0.25) is 0 Å². The lowest BCUT2D eigenvalue weighted by molar-refractivity contribution is 0.666. The topological polar surface area (TPSA) is 24.7 Å². The average molecular weight is 134 g/mol. The van der Waals surface area contributed by atoms with Crippen LogP contribution >= 0.6 is 0 Å². The number of nitrogens with zero attached hydrogens (tertiary/aromatic N) is 2. The molecule has 2 rings (SSSR count). The molecule has 10 heavy (non-hydrogen) atoms. The van der Waals surface area contributed by atoms with Crippen LogP contribution < -0.4 is 0 Å². The monoisotopic (exact) mass is 134 g/mol. The van der Waals surface area contributed by atoms with Crippen molar-refractivity contribution in [3.63, 3.8) is 0 Å². The van der Waals surface area contributed by atoms with Gasteiger partial charge in [-0.05, 0) is 18.4 Å². The van der Waals surface area contributed by atoms with Gasteiger partial charge in [0.05, 0.1) is 12.6 Å². The molecule has 1 atom stereocenters. The first-order chi connectivity index (χ1) is 4.97. The Bertz CT molecular complexity index is 213. The predicted octanol–water partition coefficient (Wildman–Crippen LogP) is 2.10. The van der Waals surface area contributed by atoms with Gasteiger partial charge in [-0.25, -0.2) is 0 Å². The van der Waals surface area contributed by atoms with E-state index in [-0.39, 0.29) is 0 Å². The summed E-state index contributed by atoms with van der Waals surface area (Å²) in [7, 11) is 0. The Morgan fingerprint density at radius 1 is 1.40 bits per heavy atom. The lowest BCUT2D eigenvalue weighted by atomic mass is 9.95. The highest BCUT2D eigenvalue weighted by Gasteiger charge is 2.15. The fourth-order valence-electron chi connectivity index (χ4n) is 1.38. The number of fused-ring (bicyclic) bond motifs is 1. The molecule has 2 nitrogen and oxygen atoms in total. The number of azo groups is 1. The maximum absolute atomic E-state index is 4.16. The minimum Gasteiger partial charge on any atom is -0.189 e. The summed E-state index contributed by atoms with van der Waals surface area (Å²) < 4.78 is 0. The van der Waals surface area contributed by atoms with Crippen molar-refractivity contribution in [2.45, 2.75) is 18.9 Å². The molecule has 52 valence electrons. The van der Waals surface area contributed by atoms with Crippen molar-refractivity contribution in [3.05, 3.63) is 23.8 Å². The Morgan fingerprint density at radius 2 is 2.40 bits per heavy atom. The molecule has 2 aliphatic rings. The van der Waals surface area contributed by atoms with Crippen molar-refractivity contribution >= 4 is 0 Å². The Balaban J connectivity index is 2.23. The van der Waals surface area contributed by atoms with Crippen molar-refractivity contribution in [2.24, 2.45) is 10.2 Å². The zero-order valence-electron chi connectivity index (χ0n) is 5.83. The van der Waals surface area contributed by atoms with Crippen LogP contribution in [0, 0.1) is 0 Å². The third-order valence-electron chi connectivity index (χ3n) is 1.96. The molecule has 0 aromatic rings. The summed E-state index contributed by atoms with van der Waals surface area (Å²) in [4.78, 5) is 0. The van der Waals surface area contributed by atoms with Crippen molar-refractivity contribution in [2.75, 3.05) is 6.54 Å². The van der Waals surface area contributed by atoms with E-state index < -0.39 is 0 Å². The first-order valence-electron chi connectivity index (χ1n) is 3.67. The molecule has 0 amide bonds. The number of hydrogen-bond acceptors (Lipinski definition) is 2. The standard InChI is InChI=1S/C8H10N2/c1-2-4-8-7(3-1)5-6-9-10-8/h1-2,5,8H,3-4,6H2. The van der Waals surface area contributed by atoms with Gasteiger partial charge in [-0.1, -0.05) is 18.2 Å². The highest BCUT2D eigenvalue weighted by atomic mass is 15.1. The number of allylic oxidation sites excluding steroid dienone is 1. The molecule has 0 N–H and O–H groups in total. The van der Waals surface area contributed by atoms with E-state index >= 15 is 0 Å². The van der Waals surface area contributed by atoms with Crippen LogP contribution in [0.4, 0.5) is 0 Å². The predicted molar refractivity (Wildman–Crippen MR) is 40.0 cm³/mol. The van der Waals surface area contributed by atoms with E-state index in [0.29, 0.717) is 6.04 Å². The summed E-state index contributed by atoms with van der Waals surface area (Å²) in [6.45, 7) is 0.791. The lowest BCUT2D eigenvalue weighted by Gasteiger charge is -2.18. The van der Waals surface area contributed by atoms with Crippen LogP contribution in [0.25, 0.3) is 0 Å². The summed E-state index contributed by atoms with van der Waals surface area (Å²) in [6.07, 6.45) is 8.73. The highest BCUT2D eigenvalue weighted by Crippen LogP contribution is 2.23. The zero-order valence-corrected chi connectivity index (χ0v) is 5.83. The van der Waals surface area contributed by atoms with E-state index in [1.165, 1.54) is 5.57 Å². The molecular formula is C8H10N2. The van der Waals surface area contributed by atoms with Crippen LogP contribution in [0.2, 0.25) is 0 Å². The molecule has 1 aliphatic heterocycles. The highest BCUT2D eigenvalue weighted by molar-refractivity contribution is 5.22. The van der Waals surface area contributed by atoms with Crippen molar-refractivity contribution in [1.82, 2.24) is 0 Å². The lowest BCUT2D eigenvalue weighted by Crippen LogP contribution is -2.12. The van der Waals surface area contributed by atoms with Gasteiger partial charge in [-0.15, -0.1) is 0 Å². The van der Waals surface area contributed by atoms with Crippen LogP contribution in [0.5, 0.6) is 0 Å². The van der Waals surface area contributed by atoms with Gasteiger partial charge >= 0.3 is 0 Å². The molecule has 0 bridgehead atoms. The maximum atomic E-state index is 4.16. The minimum atomic E-state index is 0.388. The van der Waals surface area contributed by atoms with E-state index in [0.717, 1.165) is 19.4 Å². The quantitative estimate of drug-likeness (QED) is 0.453. The van der Waals surface area contributed by atoms with Gasteiger partial charge in [0.15, 0.2) is 0 Å². The summed E-state index contributed by atoms with van der Waals surface area (Å²) in [6, 6.07) is 0.388. The van der Waals surface area contributed by atoms with E-state index in [1.807, 2.05) is 0 Å². The molecule has 2 heteroatoms. The molecule has 0 saturated carbocycles. The molecule has 0 radical (unpaired) electrons. The normalized spacial score (nSPS) is 29.6. The Hall–Kier alpha value is -0.920. The number of rotatable bonds is 0. The van der Waals surface area contributed by atoms with Crippen LogP contribution in [0.1, 0.15) is 12.8 Å². The van der Waals surface area contributed by atoms with E-state index in [4.69, 9.17) is 0 Å². The molecule has 0 fully saturated rings. The summed E-state index contributed by atoms with van der Waals surface area (Å²) in [5.74, 6) is 0. The van der Waals surface area contributed by atoms with E-state index in [9.17, 15) is 0 Å². The third-order valence-corrected chi connectivity index (χ3v) is 1.96. The van der Waals surface area contributed by atoms with E-state index in [1.54, 1.807) is 0 Å². The third kappa shape index (κ3) is 0.897. The second-order valence-electron chi connectivity index (χ2n) is 2.65. The van der Waals surface area contributed by atoms with Crippen molar-refractivity contribution < 1.29 is 0 Å². The van der Waals surface area contributed by atoms with Crippen LogP contribution in [0.3, 0.4) is 0 Å². The Morgan fingerprint density at radius 3 is 3.30 bits per heavy atom. The Kier molecular flexibility index (Phi) is 1.38. The summed E-state index contributed by atoms with van der Waals surface area (Å²) >= 11 is 0. The molecule has 0 aromatic carbocycles. The fourth-order valence-corrected chi connectivity index (χ4v) is 1.38. The fraction of sp³-hybridized carbons (Fsp3) is 0.500. The summed E-state index contributed by atoms with van der Waals surface area (Å²) in [5, 5.41) is 8.13. The smallest absolute Gasteiger partial charge is 0.0955 e. The molecule has 1 aliphatic carbocycles. The molecule has 0 saturated heterocycles. The zero-order chi connectivity index (χ0) is 6.81. The van der Waals surface area contributed by atoms with Crippen LogP contribution in [-0.2, 0) is 0 Å². The summed E-state index contributed by atoms with van der Waals surface area (Å²) in [5.41, 5.74) is 1.46. The van der Waals surface area contributed by atoms with Gasteiger partial charge in [0.1, 0.15) is 0 Å². The van der Waals surface area contributed by atoms with Gasteiger partial charge in [-0.3, -0.25) is 0 Å². The van der Waals surface area contributed by atoms with E-state index in [2.05, 4.69) is 28.5 Å². The molecular weight excluding hydrogens is 124 g/mol. The van der Waals surface area contributed by atoms with Crippen LogP contribution in [0.15, 0.2) is 34.0 Å². The van der Waals surface area contributed by atoms with Gasteiger partial charge in [-0.2, -0.15) is 10.2 Å². The molecule has 0 aromatic heterocycles. The molecule has 0 spiro atoms. The maximum Gasteiger partial charge on any atom is 0.0955 e. The number of hydrogen-bond donors (Lipinski definition) is 0. The minimum absolute atomic E-state index is 0.388. The van der Waals surface area contributed by atoms with Crippen molar-refractivity contribution in [1.29, 1.82) is 0 Å². The van der Waals surface area contributed by atoms with Gasteiger partial charge in [0.25, 0.3) is 0 Å². The van der Waals surface area contributed by atoms with Gasteiger partial charge < -0.3 is 0 Å². The van der Waals surface area contributed by atoms with Crippen LogP contribution in [-0.4, -0.2) is 12.6 Å². The van der Waals surface area contributed by atoms with Crippen molar-refractivity contribution in [3.8, 4) is 0 Å². The SMILES string of the molecule is C1=CCC2N=NCC=C2C1. The first-order valence-corrected chi connectivity index (χ1v) is 3.67. The average Bonchev–Trinajstić information content (AvgIpc) is 2.05. The molecule has 1 heterocycles. The second-order valence-corrected chi connectivity index (χ2v) is 2.65. The second kappa shape index (κ2) is 2.37. The first kappa shape index (κ1) is 5.83.